The molecule has 1 heterocycles. The smallest absolute Gasteiger partial charge is 0.338 e. The fourth-order valence-corrected chi connectivity index (χ4v) is 6.02. The van der Waals surface area contributed by atoms with Gasteiger partial charge >= 0.3 is 5.97 Å². The minimum Gasteiger partial charge on any atom is -0.507 e. The first kappa shape index (κ1) is 31.5. The van der Waals surface area contributed by atoms with Crippen molar-refractivity contribution < 1.29 is 63.8 Å². The van der Waals surface area contributed by atoms with Crippen molar-refractivity contribution in [2.45, 2.75) is 62.4 Å². The molecular weight excluding hydrogens is 584 g/mol. The molecule has 0 aromatic heterocycles. The summed E-state index contributed by atoms with van der Waals surface area (Å²) in [5.41, 5.74) is 3.67. The number of ether oxygens (including phenoxy) is 3. The molecule has 15 heteroatoms. The van der Waals surface area contributed by atoms with Crippen molar-refractivity contribution in [3.8, 4) is 17.2 Å². The van der Waals surface area contributed by atoms with E-state index in [1.165, 1.54) is 32.2 Å². The number of nitrogens with two attached hydrogens (primary N) is 1. The molecule has 0 radical (unpaired) electrons. The lowest BCUT2D eigenvalue weighted by Gasteiger charge is -2.42. The number of methoxy groups -OCH3 is 1. The number of hydroxylamine groups is 1. The maximum absolute atomic E-state index is 13.8. The summed E-state index contributed by atoms with van der Waals surface area (Å²) in [5, 5.41) is 54.5. The predicted molar refractivity (Wildman–Crippen MR) is 146 cm³/mol. The molecule has 1 aliphatic heterocycles. The van der Waals surface area contributed by atoms with Gasteiger partial charge in [0.05, 0.1) is 54.7 Å². The first-order valence-electron chi connectivity index (χ1n) is 13.7. The molecule has 44 heavy (non-hydrogen) atoms. The average molecular weight is 617 g/mol. The third-order valence-electron chi connectivity index (χ3n) is 8.25. The second-order valence-electron chi connectivity index (χ2n) is 10.9. The van der Waals surface area contributed by atoms with Crippen LogP contribution in [0.3, 0.4) is 0 Å². The highest BCUT2D eigenvalue weighted by atomic mass is 16.7. The third-order valence-corrected chi connectivity index (χ3v) is 8.25. The van der Waals surface area contributed by atoms with Gasteiger partial charge in [0.1, 0.15) is 29.5 Å². The minimum atomic E-state index is -2.32. The van der Waals surface area contributed by atoms with E-state index in [0.29, 0.717) is 0 Å². The van der Waals surface area contributed by atoms with Crippen LogP contribution in [0.15, 0.2) is 18.2 Å². The molecular formula is C29H32N2O13. The zero-order valence-electron chi connectivity index (χ0n) is 23.7. The number of aliphatic hydroxyl groups excluding tert-OH is 2. The van der Waals surface area contributed by atoms with Crippen LogP contribution in [0.5, 0.6) is 17.2 Å². The lowest BCUT2D eigenvalue weighted by Crippen LogP contribution is -2.55. The molecule has 0 saturated carbocycles. The van der Waals surface area contributed by atoms with Crippen LogP contribution in [0.1, 0.15) is 68.8 Å². The van der Waals surface area contributed by atoms with Gasteiger partial charge in [0.2, 0.25) is 5.78 Å². The Labute approximate surface area is 250 Å². The van der Waals surface area contributed by atoms with E-state index in [4.69, 9.17) is 24.8 Å². The molecule has 0 bridgehead atoms. The second-order valence-corrected chi connectivity index (χ2v) is 10.9. The molecule has 236 valence electrons. The number of benzene rings is 2. The van der Waals surface area contributed by atoms with Gasteiger partial charge in [0.25, 0.3) is 0 Å². The summed E-state index contributed by atoms with van der Waals surface area (Å²) in [4.78, 5) is 56.5. The molecule has 2 aromatic carbocycles. The van der Waals surface area contributed by atoms with Gasteiger partial charge in [-0.2, -0.15) is 0 Å². The maximum Gasteiger partial charge on any atom is 0.338 e. The number of rotatable bonds is 8. The Morgan fingerprint density at radius 3 is 2.50 bits per heavy atom. The van der Waals surface area contributed by atoms with E-state index in [0.717, 1.165) is 0 Å². The molecule has 8 N–H and O–H groups in total. The summed E-state index contributed by atoms with van der Waals surface area (Å²) in [6, 6.07) is 3.38. The number of aliphatic hydroxyl groups is 3. The number of hydrogen-bond donors (Lipinski definition) is 7. The molecule has 15 nitrogen and oxygen atoms in total. The van der Waals surface area contributed by atoms with Crippen LogP contribution in [0, 0.1) is 0 Å². The summed E-state index contributed by atoms with van der Waals surface area (Å²) in [6.07, 6.45) is -6.06. The predicted octanol–water partition coefficient (Wildman–Crippen LogP) is -0.951. The third kappa shape index (κ3) is 5.11. The molecule has 4 unspecified atom stereocenters. The van der Waals surface area contributed by atoms with Crippen molar-refractivity contribution in [1.82, 2.24) is 5.48 Å². The number of phenolic OH excluding ortho intramolecular Hbond substituents is 2. The molecule has 6 atom stereocenters. The van der Waals surface area contributed by atoms with E-state index >= 15 is 0 Å². The van der Waals surface area contributed by atoms with Crippen LogP contribution in [0.2, 0.25) is 0 Å². The quantitative estimate of drug-likeness (QED) is 0.119. The van der Waals surface area contributed by atoms with Crippen LogP contribution in [-0.4, -0.2) is 99.3 Å². The lowest BCUT2D eigenvalue weighted by atomic mass is 9.72. The van der Waals surface area contributed by atoms with Gasteiger partial charge in [-0.3, -0.25) is 14.4 Å². The number of nitrogens with one attached hydrogen (secondary N) is 1. The van der Waals surface area contributed by atoms with Crippen molar-refractivity contribution in [2.24, 2.45) is 5.73 Å². The Hall–Kier alpha value is -3.96. The Balaban J connectivity index is 1.60. The van der Waals surface area contributed by atoms with Crippen LogP contribution in [-0.2, 0) is 30.3 Å². The molecule has 5 rings (SSSR count). The Morgan fingerprint density at radius 1 is 1.14 bits per heavy atom. The summed E-state index contributed by atoms with van der Waals surface area (Å²) in [6.45, 7) is 0.0140. The van der Waals surface area contributed by atoms with E-state index in [2.05, 4.69) is 5.48 Å². The Morgan fingerprint density at radius 2 is 1.84 bits per heavy atom. The van der Waals surface area contributed by atoms with Gasteiger partial charge < -0.3 is 50.3 Å². The molecule has 2 aromatic rings. The standard InChI is InChI=1S/C29H32N2O13/c1-11-24(35)14(31-44-18(34)9-30)6-19(42-11)43-16-8-29(40,17(33)10-32)7-13-21(16)28(39)23-22(26(13)37)25(36)12-4-3-5-15(41-2)20(12)27(23)38/h3-5,11,14,16,19,24,31-32,35,37,39-40H,6-10,30H2,1-2H3/t11?,14?,16-,19?,24?,29-/m0/s1. The van der Waals surface area contributed by atoms with Gasteiger partial charge in [-0.15, -0.1) is 5.48 Å². The van der Waals surface area contributed by atoms with Gasteiger partial charge in [0, 0.05) is 36.0 Å². The summed E-state index contributed by atoms with van der Waals surface area (Å²) in [7, 11) is 1.30. The second kappa shape index (κ2) is 11.9. The Bertz CT molecular complexity index is 1540. The molecule has 0 spiro atoms. The highest BCUT2D eigenvalue weighted by molar-refractivity contribution is 6.31. The molecule has 2 aliphatic carbocycles. The van der Waals surface area contributed by atoms with Crippen LogP contribution < -0.4 is 16.0 Å². The molecule has 0 amide bonds. The van der Waals surface area contributed by atoms with E-state index in [1.807, 2.05) is 0 Å². The number of ketones is 3. The average Bonchev–Trinajstić information content (AvgIpc) is 3.01. The van der Waals surface area contributed by atoms with E-state index < -0.39 is 108 Å². The Kier molecular flexibility index (Phi) is 8.48. The monoisotopic (exact) mass is 616 g/mol. The van der Waals surface area contributed by atoms with Crippen molar-refractivity contribution in [2.75, 3.05) is 20.3 Å². The number of carbonyl (C=O) groups is 4. The number of Topliss-reactive ketones (excluding diaryl/α,β-unsaturated/α-hetero) is 1. The van der Waals surface area contributed by atoms with Gasteiger partial charge in [-0.25, -0.2) is 4.79 Å². The van der Waals surface area contributed by atoms with Crippen molar-refractivity contribution >= 4 is 23.3 Å². The zero-order valence-corrected chi connectivity index (χ0v) is 23.7. The normalized spacial score (nSPS) is 27.6. The van der Waals surface area contributed by atoms with Crippen molar-refractivity contribution in [1.29, 1.82) is 0 Å². The first-order chi connectivity index (χ1) is 20.9. The minimum absolute atomic E-state index is 0.0656. The fourth-order valence-electron chi connectivity index (χ4n) is 6.02. The molecule has 3 aliphatic rings. The number of fused-ring (bicyclic) bond motifs is 3. The van der Waals surface area contributed by atoms with Crippen LogP contribution in [0.4, 0.5) is 0 Å². The van der Waals surface area contributed by atoms with E-state index in [1.54, 1.807) is 0 Å². The van der Waals surface area contributed by atoms with Crippen molar-refractivity contribution in [3.63, 3.8) is 0 Å². The topological polar surface area (TPSA) is 244 Å². The highest BCUT2D eigenvalue weighted by Crippen LogP contribution is 2.52. The van der Waals surface area contributed by atoms with E-state index in [9.17, 15) is 44.7 Å². The highest BCUT2D eigenvalue weighted by Gasteiger charge is 2.50. The summed E-state index contributed by atoms with van der Waals surface area (Å²) in [5.74, 6) is -4.84. The largest absolute Gasteiger partial charge is 0.507 e. The lowest BCUT2D eigenvalue weighted by molar-refractivity contribution is -0.256. The van der Waals surface area contributed by atoms with Crippen LogP contribution in [0.25, 0.3) is 0 Å². The molecule has 1 fully saturated rings. The van der Waals surface area contributed by atoms with Crippen molar-refractivity contribution in [3.05, 3.63) is 51.6 Å². The van der Waals surface area contributed by atoms with Crippen LogP contribution >= 0.6 is 0 Å². The maximum atomic E-state index is 13.8. The fraction of sp³-hybridized carbons (Fsp3) is 0.448. The molecule has 1 saturated heterocycles. The van der Waals surface area contributed by atoms with Gasteiger partial charge in [-0.1, -0.05) is 12.1 Å². The number of carbonyl (C=O) groups excluding carboxylic acids is 4. The summed E-state index contributed by atoms with van der Waals surface area (Å²) >= 11 is 0. The van der Waals surface area contributed by atoms with Gasteiger partial charge in [-0.05, 0) is 13.0 Å². The zero-order chi connectivity index (χ0) is 32.1. The number of phenols is 2. The SMILES string of the molecule is COc1cccc2c1C(=O)c1c(O)c3c(c(O)c1C2=O)C[C@@](O)(C(=O)CO)C[C@@H]3OC1CC(NOC(=O)CN)C(O)C(C)O1. The number of hydrogen-bond acceptors (Lipinski definition) is 15. The first-order valence-corrected chi connectivity index (χ1v) is 13.7. The van der Waals surface area contributed by atoms with E-state index in [-0.39, 0.29) is 34.4 Å². The summed E-state index contributed by atoms with van der Waals surface area (Å²) < 4.78 is 17.1. The van der Waals surface area contributed by atoms with Gasteiger partial charge in [0.15, 0.2) is 17.9 Å². The number of aromatic hydroxyl groups is 2.